The van der Waals surface area contributed by atoms with E-state index in [1.807, 2.05) is 12.1 Å². The van der Waals surface area contributed by atoms with E-state index in [9.17, 15) is 9.50 Å². The maximum Gasteiger partial charge on any atom is 0.123 e. The number of rotatable bonds is 7. The van der Waals surface area contributed by atoms with Crippen LogP contribution in [0.1, 0.15) is 24.4 Å². The molecule has 1 aliphatic rings. The summed E-state index contributed by atoms with van der Waals surface area (Å²) in [5, 5.41) is 10.3. The summed E-state index contributed by atoms with van der Waals surface area (Å²) in [7, 11) is 1.66. The molecule has 0 aliphatic carbocycles. The van der Waals surface area contributed by atoms with E-state index in [0.29, 0.717) is 18.3 Å². The Balaban J connectivity index is 1.54. The molecule has 0 radical (unpaired) electrons. The third-order valence-corrected chi connectivity index (χ3v) is 4.57. The number of methoxy groups -OCH3 is 1. The Morgan fingerprint density at radius 3 is 2.48 bits per heavy atom. The summed E-state index contributed by atoms with van der Waals surface area (Å²) in [4.78, 5) is 2.29. The van der Waals surface area contributed by atoms with Gasteiger partial charge in [0, 0.05) is 12.6 Å². The van der Waals surface area contributed by atoms with Gasteiger partial charge in [0.25, 0.3) is 0 Å². The van der Waals surface area contributed by atoms with Crippen molar-refractivity contribution < 1.29 is 19.0 Å². The van der Waals surface area contributed by atoms with Crippen LogP contribution in [0.2, 0.25) is 0 Å². The molecular formula is C20H24FNO3. The molecule has 0 saturated carbocycles. The summed E-state index contributed by atoms with van der Waals surface area (Å²) >= 11 is 0. The third-order valence-electron chi connectivity index (χ3n) is 4.57. The van der Waals surface area contributed by atoms with E-state index >= 15 is 0 Å². The SMILES string of the molecule is COc1ccc(C2CCCN2CC(O)COc2ccc(F)cc2)cc1. The number of benzene rings is 2. The first-order chi connectivity index (χ1) is 12.2. The molecule has 2 aromatic rings. The van der Waals surface area contributed by atoms with Crippen LogP contribution in [-0.4, -0.2) is 42.9 Å². The van der Waals surface area contributed by atoms with Crippen molar-refractivity contribution in [2.24, 2.45) is 0 Å². The molecule has 0 amide bonds. The Kier molecular flexibility index (Phi) is 5.89. The lowest BCUT2D eigenvalue weighted by atomic mass is 10.0. The standard InChI is InChI=1S/C20H24FNO3/c1-24-18-8-4-15(5-9-18)20-3-2-12-22(20)13-17(23)14-25-19-10-6-16(21)7-11-19/h4-11,17,20,23H,2-3,12-14H2,1H3. The monoisotopic (exact) mass is 345 g/mol. The molecule has 0 bridgehead atoms. The van der Waals surface area contributed by atoms with Gasteiger partial charge in [-0.15, -0.1) is 0 Å². The highest BCUT2D eigenvalue weighted by Gasteiger charge is 2.27. The number of ether oxygens (including phenoxy) is 2. The zero-order valence-electron chi connectivity index (χ0n) is 14.4. The van der Waals surface area contributed by atoms with Crippen molar-refractivity contribution in [3.63, 3.8) is 0 Å². The zero-order chi connectivity index (χ0) is 17.6. The normalized spacial score (nSPS) is 18.9. The molecule has 1 aliphatic heterocycles. The number of likely N-dealkylation sites (tertiary alicyclic amines) is 1. The lowest BCUT2D eigenvalue weighted by Gasteiger charge is -2.27. The first kappa shape index (κ1) is 17.7. The summed E-state index contributed by atoms with van der Waals surface area (Å²) in [6.07, 6.45) is 1.60. The topological polar surface area (TPSA) is 41.9 Å². The zero-order valence-corrected chi connectivity index (χ0v) is 14.4. The van der Waals surface area contributed by atoms with E-state index in [4.69, 9.17) is 9.47 Å². The van der Waals surface area contributed by atoms with Crippen molar-refractivity contribution in [1.82, 2.24) is 4.90 Å². The fourth-order valence-electron chi connectivity index (χ4n) is 3.29. The van der Waals surface area contributed by atoms with E-state index in [-0.39, 0.29) is 12.4 Å². The van der Waals surface area contributed by atoms with Gasteiger partial charge in [-0.1, -0.05) is 12.1 Å². The lowest BCUT2D eigenvalue weighted by molar-refractivity contribution is 0.0638. The van der Waals surface area contributed by atoms with Crippen molar-refractivity contribution >= 4 is 0 Å². The van der Waals surface area contributed by atoms with Crippen molar-refractivity contribution in [3.8, 4) is 11.5 Å². The Hall–Kier alpha value is -2.11. The number of β-amino-alcohol motifs (C(OH)–C–C–N with tert-alkyl or cyclic N) is 1. The quantitative estimate of drug-likeness (QED) is 0.835. The number of hydrogen-bond acceptors (Lipinski definition) is 4. The van der Waals surface area contributed by atoms with Gasteiger partial charge in [-0.2, -0.15) is 0 Å². The fourth-order valence-corrected chi connectivity index (χ4v) is 3.29. The molecule has 1 saturated heterocycles. The van der Waals surface area contributed by atoms with E-state index in [0.717, 1.165) is 25.1 Å². The largest absolute Gasteiger partial charge is 0.497 e. The van der Waals surface area contributed by atoms with Gasteiger partial charge in [0.15, 0.2) is 0 Å². The molecule has 1 N–H and O–H groups in total. The van der Waals surface area contributed by atoms with Crippen molar-refractivity contribution in [2.75, 3.05) is 26.8 Å². The van der Waals surface area contributed by atoms with Gasteiger partial charge in [0.1, 0.15) is 30.0 Å². The van der Waals surface area contributed by atoms with Gasteiger partial charge in [-0.3, -0.25) is 4.90 Å². The molecule has 4 nitrogen and oxygen atoms in total. The fraction of sp³-hybridized carbons (Fsp3) is 0.400. The highest BCUT2D eigenvalue weighted by molar-refractivity contribution is 5.29. The van der Waals surface area contributed by atoms with Crippen LogP contribution in [0.15, 0.2) is 48.5 Å². The van der Waals surface area contributed by atoms with Gasteiger partial charge < -0.3 is 14.6 Å². The van der Waals surface area contributed by atoms with Crippen LogP contribution < -0.4 is 9.47 Å². The van der Waals surface area contributed by atoms with Crippen LogP contribution in [0.3, 0.4) is 0 Å². The maximum atomic E-state index is 12.9. The second-order valence-electron chi connectivity index (χ2n) is 6.34. The summed E-state index contributed by atoms with van der Waals surface area (Å²) in [5.41, 5.74) is 1.24. The predicted octanol–water partition coefficient (Wildman–Crippen LogP) is 3.41. The molecule has 0 aromatic heterocycles. The van der Waals surface area contributed by atoms with Crippen molar-refractivity contribution in [3.05, 3.63) is 59.9 Å². The first-order valence-corrected chi connectivity index (χ1v) is 8.60. The number of aliphatic hydroxyl groups excluding tert-OH is 1. The van der Waals surface area contributed by atoms with Crippen LogP contribution in [0, 0.1) is 5.82 Å². The van der Waals surface area contributed by atoms with Gasteiger partial charge in [-0.25, -0.2) is 4.39 Å². The predicted molar refractivity (Wildman–Crippen MR) is 94.4 cm³/mol. The average Bonchev–Trinajstić information content (AvgIpc) is 3.09. The van der Waals surface area contributed by atoms with Crippen LogP contribution in [-0.2, 0) is 0 Å². The molecule has 2 atom stereocenters. The number of aliphatic hydroxyl groups is 1. The Morgan fingerprint density at radius 1 is 1.12 bits per heavy atom. The molecule has 5 heteroatoms. The minimum Gasteiger partial charge on any atom is -0.497 e. The molecule has 2 aromatic carbocycles. The van der Waals surface area contributed by atoms with Gasteiger partial charge >= 0.3 is 0 Å². The van der Waals surface area contributed by atoms with Gasteiger partial charge in [-0.05, 0) is 61.3 Å². The third kappa shape index (κ3) is 4.71. The molecule has 3 rings (SSSR count). The number of halogens is 1. The number of nitrogens with zero attached hydrogens (tertiary/aromatic N) is 1. The lowest BCUT2D eigenvalue weighted by Crippen LogP contribution is -2.35. The minimum absolute atomic E-state index is 0.192. The highest BCUT2D eigenvalue weighted by Crippen LogP contribution is 2.32. The smallest absolute Gasteiger partial charge is 0.123 e. The average molecular weight is 345 g/mol. The van der Waals surface area contributed by atoms with Crippen LogP contribution in [0.25, 0.3) is 0 Å². The summed E-state index contributed by atoms with van der Waals surface area (Å²) in [6, 6.07) is 14.3. The molecule has 25 heavy (non-hydrogen) atoms. The van der Waals surface area contributed by atoms with E-state index in [1.165, 1.54) is 17.7 Å². The Bertz CT molecular complexity index is 660. The molecule has 2 unspecified atom stereocenters. The van der Waals surface area contributed by atoms with Crippen LogP contribution >= 0.6 is 0 Å². The summed E-state index contributed by atoms with van der Waals surface area (Å²) in [6.45, 7) is 1.71. The minimum atomic E-state index is -0.594. The molecule has 1 heterocycles. The van der Waals surface area contributed by atoms with E-state index in [1.54, 1.807) is 19.2 Å². The molecular weight excluding hydrogens is 321 g/mol. The van der Waals surface area contributed by atoms with E-state index < -0.39 is 6.10 Å². The second-order valence-corrected chi connectivity index (χ2v) is 6.34. The first-order valence-electron chi connectivity index (χ1n) is 8.60. The molecule has 1 fully saturated rings. The summed E-state index contributed by atoms with van der Waals surface area (Å²) < 4.78 is 23.6. The Labute approximate surface area is 147 Å². The van der Waals surface area contributed by atoms with E-state index in [2.05, 4.69) is 17.0 Å². The van der Waals surface area contributed by atoms with Crippen LogP contribution in [0.4, 0.5) is 4.39 Å². The van der Waals surface area contributed by atoms with Crippen molar-refractivity contribution in [2.45, 2.75) is 25.0 Å². The van der Waals surface area contributed by atoms with Gasteiger partial charge in [0.05, 0.1) is 7.11 Å². The second kappa shape index (κ2) is 8.32. The van der Waals surface area contributed by atoms with Crippen molar-refractivity contribution in [1.29, 1.82) is 0 Å². The Morgan fingerprint density at radius 2 is 1.80 bits per heavy atom. The van der Waals surface area contributed by atoms with Crippen LogP contribution in [0.5, 0.6) is 11.5 Å². The maximum absolute atomic E-state index is 12.9. The highest BCUT2D eigenvalue weighted by atomic mass is 19.1. The molecule has 134 valence electrons. The summed E-state index contributed by atoms with van der Waals surface area (Å²) in [5.74, 6) is 1.11. The molecule has 0 spiro atoms. The number of hydrogen-bond donors (Lipinski definition) is 1. The van der Waals surface area contributed by atoms with Gasteiger partial charge in [0.2, 0.25) is 0 Å².